The molecule has 0 spiro atoms. The molecule has 22 heavy (non-hydrogen) atoms. The van der Waals surface area contributed by atoms with Crippen LogP contribution in [0.1, 0.15) is 24.3 Å². The standard InChI is InChI=1S/C16H20N2O4/c1-10(2)9-17-16(19)13-8-15(22-18-13)12-7-11(20-3)5-6-14(12)21-4/h5-8,10H,9H2,1-4H3,(H,17,19). The van der Waals surface area contributed by atoms with Crippen molar-refractivity contribution in [2.75, 3.05) is 20.8 Å². The van der Waals surface area contributed by atoms with E-state index in [9.17, 15) is 4.79 Å². The summed E-state index contributed by atoms with van der Waals surface area (Å²) in [6.45, 7) is 4.63. The number of ether oxygens (including phenoxy) is 2. The minimum atomic E-state index is -0.259. The lowest BCUT2D eigenvalue weighted by Crippen LogP contribution is -2.27. The predicted octanol–water partition coefficient (Wildman–Crippen LogP) is 2.74. The lowest BCUT2D eigenvalue weighted by atomic mass is 10.1. The van der Waals surface area contributed by atoms with Crippen LogP contribution in [0.4, 0.5) is 0 Å². The van der Waals surface area contributed by atoms with Gasteiger partial charge in [0.2, 0.25) is 0 Å². The molecule has 0 bridgehead atoms. The van der Waals surface area contributed by atoms with Gasteiger partial charge >= 0.3 is 0 Å². The van der Waals surface area contributed by atoms with Crippen LogP contribution >= 0.6 is 0 Å². The second-order valence-corrected chi connectivity index (χ2v) is 5.25. The maximum absolute atomic E-state index is 12.0. The smallest absolute Gasteiger partial charge is 0.273 e. The first kappa shape index (κ1) is 15.9. The van der Waals surface area contributed by atoms with Gasteiger partial charge in [-0.25, -0.2) is 0 Å². The number of carbonyl (C=O) groups excluding carboxylic acids is 1. The van der Waals surface area contributed by atoms with Crippen molar-refractivity contribution in [3.8, 4) is 22.8 Å². The Morgan fingerprint density at radius 3 is 2.68 bits per heavy atom. The highest BCUT2D eigenvalue weighted by molar-refractivity contribution is 5.93. The van der Waals surface area contributed by atoms with Crippen LogP contribution in [0, 0.1) is 5.92 Å². The molecule has 0 saturated carbocycles. The quantitative estimate of drug-likeness (QED) is 0.888. The van der Waals surface area contributed by atoms with E-state index in [4.69, 9.17) is 14.0 Å². The number of hydrogen-bond acceptors (Lipinski definition) is 5. The summed E-state index contributed by atoms with van der Waals surface area (Å²) in [7, 11) is 3.15. The summed E-state index contributed by atoms with van der Waals surface area (Å²) in [6.07, 6.45) is 0. The van der Waals surface area contributed by atoms with Crippen molar-refractivity contribution in [1.29, 1.82) is 0 Å². The van der Waals surface area contributed by atoms with Gasteiger partial charge in [0.1, 0.15) is 11.5 Å². The van der Waals surface area contributed by atoms with Gasteiger partial charge in [0, 0.05) is 12.6 Å². The van der Waals surface area contributed by atoms with Gasteiger partial charge in [-0.2, -0.15) is 0 Å². The molecule has 1 aromatic heterocycles. The molecule has 1 aromatic carbocycles. The predicted molar refractivity (Wildman–Crippen MR) is 82.2 cm³/mol. The van der Waals surface area contributed by atoms with Gasteiger partial charge in [0.05, 0.1) is 19.8 Å². The molecule has 6 nitrogen and oxygen atoms in total. The number of rotatable bonds is 6. The molecule has 0 aliphatic carbocycles. The molecule has 0 aliphatic rings. The van der Waals surface area contributed by atoms with Crippen LogP contribution in [-0.4, -0.2) is 31.8 Å². The molecule has 0 atom stereocenters. The van der Waals surface area contributed by atoms with Crippen LogP contribution in [0.25, 0.3) is 11.3 Å². The van der Waals surface area contributed by atoms with Crippen LogP contribution < -0.4 is 14.8 Å². The minimum absolute atomic E-state index is 0.237. The topological polar surface area (TPSA) is 73.6 Å². The summed E-state index contributed by atoms with van der Waals surface area (Å²) < 4.78 is 15.8. The van der Waals surface area contributed by atoms with Crippen LogP contribution in [0.3, 0.4) is 0 Å². The first-order valence-electron chi connectivity index (χ1n) is 7.02. The lowest BCUT2D eigenvalue weighted by Gasteiger charge is -2.07. The van der Waals surface area contributed by atoms with Gasteiger partial charge in [-0.05, 0) is 24.1 Å². The summed E-state index contributed by atoms with van der Waals surface area (Å²) in [6, 6.07) is 6.92. The molecule has 0 radical (unpaired) electrons. The molecular weight excluding hydrogens is 284 g/mol. The van der Waals surface area contributed by atoms with Gasteiger partial charge < -0.3 is 19.3 Å². The van der Waals surface area contributed by atoms with Crippen LogP contribution in [0.2, 0.25) is 0 Å². The number of carbonyl (C=O) groups is 1. The van der Waals surface area contributed by atoms with Crippen LogP contribution in [-0.2, 0) is 0 Å². The zero-order valence-electron chi connectivity index (χ0n) is 13.2. The second-order valence-electron chi connectivity index (χ2n) is 5.25. The van der Waals surface area contributed by atoms with E-state index in [2.05, 4.69) is 10.5 Å². The molecule has 0 fully saturated rings. The Bertz CT molecular complexity index is 649. The summed E-state index contributed by atoms with van der Waals surface area (Å²) in [5.74, 6) is 1.84. The number of benzene rings is 1. The molecule has 1 amide bonds. The van der Waals surface area contributed by atoms with Crippen molar-refractivity contribution in [1.82, 2.24) is 10.5 Å². The highest BCUT2D eigenvalue weighted by Crippen LogP contribution is 2.33. The molecule has 0 unspecified atom stereocenters. The Hall–Kier alpha value is -2.50. The molecule has 2 aromatic rings. The minimum Gasteiger partial charge on any atom is -0.497 e. The average Bonchev–Trinajstić information content (AvgIpc) is 3.01. The highest BCUT2D eigenvalue weighted by Gasteiger charge is 2.17. The van der Waals surface area contributed by atoms with Crippen molar-refractivity contribution in [3.05, 3.63) is 30.0 Å². The van der Waals surface area contributed by atoms with E-state index in [-0.39, 0.29) is 11.6 Å². The number of hydrogen-bond donors (Lipinski definition) is 1. The SMILES string of the molecule is COc1ccc(OC)c(-c2cc(C(=O)NCC(C)C)no2)c1. The summed E-state index contributed by atoms with van der Waals surface area (Å²) in [5.41, 5.74) is 0.915. The average molecular weight is 304 g/mol. The number of aromatic nitrogens is 1. The van der Waals surface area contributed by atoms with E-state index >= 15 is 0 Å². The summed E-state index contributed by atoms with van der Waals surface area (Å²) in [5, 5.41) is 6.61. The Kier molecular flexibility index (Phi) is 5.04. The highest BCUT2D eigenvalue weighted by atomic mass is 16.5. The maximum Gasteiger partial charge on any atom is 0.273 e. The third kappa shape index (κ3) is 3.58. The third-order valence-electron chi connectivity index (χ3n) is 3.09. The van der Waals surface area contributed by atoms with Gasteiger partial charge in [0.15, 0.2) is 11.5 Å². The van der Waals surface area contributed by atoms with E-state index in [0.29, 0.717) is 35.3 Å². The van der Waals surface area contributed by atoms with E-state index in [1.54, 1.807) is 38.5 Å². The monoisotopic (exact) mass is 304 g/mol. The van der Waals surface area contributed by atoms with Crippen molar-refractivity contribution in [2.45, 2.75) is 13.8 Å². The number of methoxy groups -OCH3 is 2. The van der Waals surface area contributed by atoms with Crippen molar-refractivity contribution in [3.63, 3.8) is 0 Å². The zero-order chi connectivity index (χ0) is 16.1. The van der Waals surface area contributed by atoms with Crippen molar-refractivity contribution in [2.24, 2.45) is 5.92 Å². The summed E-state index contributed by atoms with van der Waals surface area (Å²) in [4.78, 5) is 12.0. The van der Waals surface area contributed by atoms with E-state index in [1.807, 2.05) is 13.8 Å². The molecule has 118 valence electrons. The summed E-state index contributed by atoms with van der Waals surface area (Å²) >= 11 is 0. The first-order valence-corrected chi connectivity index (χ1v) is 7.02. The van der Waals surface area contributed by atoms with E-state index in [1.165, 1.54) is 0 Å². The van der Waals surface area contributed by atoms with Gasteiger partial charge in [-0.3, -0.25) is 4.79 Å². The molecule has 6 heteroatoms. The maximum atomic E-state index is 12.0. The molecule has 1 N–H and O–H groups in total. The Morgan fingerprint density at radius 2 is 2.05 bits per heavy atom. The molecular formula is C16H20N2O4. The first-order chi connectivity index (χ1) is 10.5. The van der Waals surface area contributed by atoms with Gasteiger partial charge in [-0.1, -0.05) is 19.0 Å². The molecule has 2 rings (SSSR count). The Balaban J connectivity index is 2.26. The van der Waals surface area contributed by atoms with Crippen LogP contribution in [0.15, 0.2) is 28.8 Å². The van der Waals surface area contributed by atoms with E-state index in [0.717, 1.165) is 0 Å². The largest absolute Gasteiger partial charge is 0.497 e. The molecule has 1 heterocycles. The van der Waals surface area contributed by atoms with Crippen LogP contribution in [0.5, 0.6) is 11.5 Å². The Labute approximate surface area is 129 Å². The lowest BCUT2D eigenvalue weighted by molar-refractivity contribution is 0.0940. The third-order valence-corrected chi connectivity index (χ3v) is 3.09. The number of nitrogens with one attached hydrogen (secondary N) is 1. The van der Waals surface area contributed by atoms with Crippen molar-refractivity contribution >= 4 is 5.91 Å². The van der Waals surface area contributed by atoms with Gasteiger partial charge in [-0.15, -0.1) is 0 Å². The fraction of sp³-hybridized carbons (Fsp3) is 0.375. The Morgan fingerprint density at radius 1 is 1.27 bits per heavy atom. The number of nitrogens with zero attached hydrogens (tertiary/aromatic N) is 1. The molecule has 0 aliphatic heterocycles. The fourth-order valence-electron chi connectivity index (χ4n) is 1.90. The van der Waals surface area contributed by atoms with Gasteiger partial charge in [0.25, 0.3) is 5.91 Å². The second kappa shape index (κ2) is 6.98. The van der Waals surface area contributed by atoms with E-state index < -0.39 is 0 Å². The zero-order valence-corrected chi connectivity index (χ0v) is 13.2. The number of amides is 1. The normalized spacial score (nSPS) is 10.6. The van der Waals surface area contributed by atoms with Crippen molar-refractivity contribution < 1.29 is 18.8 Å². The fourth-order valence-corrected chi connectivity index (χ4v) is 1.90. The molecule has 0 saturated heterocycles.